The predicted molar refractivity (Wildman–Crippen MR) is 26.6 cm³/mol. The van der Waals surface area contributed by atoms with E-state index in [9.17, 15) is 0 Å². The highest BCUT2D eigenvalue weighted by molar-refractivity contribution is 5.03. The van der Waals surface area contributed by atoms with Crippen molar-refractivity contribution < 1.29 is 9.47 Å². The molecule has 44 valence electrons. The molecule has 0 radical (unpaired) electrons. The first-order valence-corrected chi connectivity index (χ1v) is 3.24. The molecule has 3 rings (SSSR count). The van der Waals surface area contributed by atoms with Crippen LogP contribution in [0.3, 0.4) is 0 Å². The average Bonchev–Trinajstić information content (AvgIpc) is 2.45. The van der Waals surface area contributed by atoms with Crippen LogP contribution in [0.1, 0.15) is 12.8 Å². The zero-order valence-corrected chi connectivity index (χ0v) is 4.54. The van der Waals surface area contributed by atoms with Gasteiger partial charge in [-0.1, -0.05) is 0 Å². The van der Waals surface area contributed by atoms with Gasteiger partial charge in [0, 0.05) is 12.8 Å². The Balaban J connectivity index is 1.85. The third-order valence-corrected chi connectivity index (χ3v) is 2.30. The van der Waals surface area contributed by atoms with Crippen LogP contribution in [0.2, 0.25) is 0 Å². The highest BCUT2D eigenvalue weighted by atomic mass is 16.6. The number of ether oxygens (including phenoxy) is 2. The fourth-order valence-corrected chi connectivity index (χ4v) is 1.65. The summed E-state index contributed by atoms with van der Waals surface area (Å²) in [6.45, 7) is 0. The topological polar surface area (TPSA) is 25.1 Å². The van der Waals surface area contributed by atoms with Gasteiger partial charge in [-0.3, -0.25) is 0 Å². The average molecular weight is 112 g/mol. The predicted octanol–water partition coefficient (Wildman–Crippen LogP) is 0.315. The number of rotatable bonds is 0. The van der Waals surface area contributed by atoms with E-state index >= 15 is 0 Å². The second kappa shape index (κ2) is 0.957. The molecule has 0 aromatic heterocycles. The van der Waals surface area contributed by atoms with Crippen molar-refractivity contribution in [3.8, 4) is 0 Å². The first kappa shape index (κ1) is 3.85. The third kappa shape index (κ3) is 0.361. The van der Waals surface area contributed by atoms with Crippen LogP contribution in [0.25, 0.3) is 0 Å². The quantitative estimate of drug-likeness (QED) is 0.421. The van der Waals surface area contributed by atoms with E-state index < -0.39 is 0 Å². The maximum absolute atomic E-state index is 5.30. The van der Waals surface area contributed by atoms with Crippen LogP contribution >= 0.6 is 0 Å². The molecule has 0 amide bonds. The summed E-state index contributed by atoms with van der Waals surface area (Å²) < 4.78 is 10.6. The summed E-state index contributed by atoms with van der Waals surface area (Å²) in [6.07, 6.45) is 4.74. The summed E-state index contributed by atoms with van der Waals surface area (Å²) in [7, 11) is 0. The molecule has 0 bridgehead atoms. The molecular weight excluding hydrogens is 104 g/mol. The Morgan fingerprint density at radius 1 is 0.750 bits per heavy atom. The maximum Gasteiger partial charge on any atom is 0.0868 e. The molecule has 0 N–H and O–H groups in total. The van der Waals surface area contributed by atoms with Crippen LogP contribution in [-0.2, 0) is 9.47 Å². The van der Waals surface area contributed by atoms with E-state index in [1.165, 1.54) is 12.8 Å². The molecule has 4 atom stereocenters. The van der Waals surface area contributed by atoms with E-state index in [0.717, 1.165) is 0 Å². The van der Waals surface area contributed by atoms with Crippen molar-refractivity contribution in [3.05, 3.63) is 0 Å². The maximum atomic E-state index is 5.30. The smallest absolute Gasteiger partial charge is 0.0868 e. The Morgan fingerprint density at radius 2 is 1.12 bits per heavy atom. The molecule has 2 heteroatoms. The zero-order valence-electron chi connectivity index (χ0n) is 4.54. The van der Waals surface area contributed by atoms with Gasteiger partial charge in [0.15, 0.2) is 0 Å². The highest BCUT2D eigenvalue weighted by Crippen LogP contribution is 2.46. The number of fused-ring (bicyclic) bond motifs is 2. The lowest BCUT2D eigenvalue weighted by molar-refractivity contribution is 0.295. The normalized spacial score (nSPS) is 66.0. The molecule has 1 saturated carbocycles. The van der Waals surface area contributed by atoms with Gasteiger partial charge >= 0.3 is 0 Å². The summed E-state index contributed by atoms with van der Waals surface area (Å²) in [5, 5.41) is 0. The Kier molecular flexibility index (Phi) is 0.461. The molecular formula is C6H8O2. The van der Waals surface area contributed by atoms with Crippen molar-refractivity contribution in [2.75, 3.05) is 0 Å². The van der Waals surface area contributed by atoms with E-state index in [0.29, 0.717) is 24.4 Å². The van der Waals surface area contributed by atoms with Gasteiger partial charge < -0.3 is 9.47 Å². The lowest BCUT2D eigenvalue weighted by Gasteiger charge is -1.94. The molecule has 4 unspecified atom stereocenters. The van der Waals surface area contributed by atoms with Crippen LogP contribution in [0.4, 0.5) is 0 Å². The van der Waals surface area contributed by atoms with Crippen LogP contribution in [-0.4, -0.2) is 24.4 Å². The first-order valence-electron chi connectivity index (χ1n) is 3.24. The summed E-state index contributed by atoms with van der Waals surface area (Å²) in [6, 6.07) is 0. The summed E-state index contributed by atoms with van der Waals surface area (Å²) in [4.78, 5) is 0. The van der Waals surface area contributed by atoms with Gasteiger partial charge in [0.05, 0.1) is 24.4 Å². The standard InChI is InChI=1S/C6H8O2/c1-3-5(7-3)2-6-4(1)8-6/h3-6H,1-2H2. The number of hydrogen-bond donors (Lipinski definition) is 0. The van der Waals surface area contributed by atoms with E-state index in [4.69, 9.17) is 9.47 Å². The molecule has 2 nitrogen and oxygen atoms in total. The fraction of sp³-hybridized carbons (Fsp3) is 1.00. The van der Waals surface area contributed by atoms with Crippen molar-refractivity contribution in [1.82, 2.24) is 0 Å². The minimum atomic E-state index is 0.596. The summed E-state index contributed by atoms with van der Waals surface area (Å²) in [5.41, 5.74) is 0. The molecule has 2 saturated heterocycles. The fourth-order valence-electron chi connectivity index (χ4n) is 1.65. The van der Waals surface area contributed by atoms with Crippen molar-refractivity contribution >= 4 is 0 Å². The highest BCUT2D eigenvalue weighted by Gasteiger charge is 2.56. The molecule has 1 aliphatic carbocycles. The van der Waals surface area contributed by atoms with Crippen molar-refractivity contribution in [3.63, 3.8) is 0 Å². The van der Waals surface area contributed by atoms with E-state index in [1.54, 1.807) is 0 Å². The first-order chi connectivity index (χ1) is 3.93. The van der Waals surface area contributed by atoms with Gasteiger partial charge in [-0.05, 0) is 0 Å². The van der Waals surface area contributed by atoms with Crippen LogP contribution in [0, 0.1) is 0 Å². The summed E-state index contributed by atoms with van der Waals surface area (Å²) in [5.74, 6) is 0. The Hall–Kier alpha value is -0.0800. The van der Waals surface area contributed by atoms with Gasteiger partial charge in [0.2, 0.25) is 0 Å². The van der Waals surface area contributed by atoms with Crippen LogP contribution in [0.15, 0.2) is 0 Å². The SMILES string of the molecule is C1C2OC2CC2OC12. The molecule has 8 heavy (non-hydrogen) atoms. The van der Waals surface area contributed by atoms with Gasteiger partial charge in [-0.15, -0.1) is 0 Å². The minimum absolute atomic E-state index is 0.596. The second-order valence-corrected chi connectivity index (χ2v) is 2.90. The van der Waals surface area contributed by atoms with Crippen molar-refractivity contribution in [2.45, 2.75) is 37.3 Å². The second-order valence-electron chi connectivity index (χ2n) is 2.90. The Morgan fingerprint density at radius 3 is 1.50 bits per heavy atom. The number of epoxide rings is 2. The molecule has 0 aromatic carbocycles. The van der Waals surface area contributed by atoms with E-state index in [1.807, 2.05) is 0 Å². The largest absolute Gasteiger partial charge is 0.369 e. The number of hydrogen-bond acceptors (Lipinski definition) is 2. The zero-order chi connectivity index (χ0) is 5.14. The lowest BCUT2D eigenvalue weighted by Crippen LogP contribution is -2.10. The Labute approximate surface area is 47.8 Å². The van der Waals surface area contributed by atoms with Crippen LogP contribution in [0.5, 0.6) is 0 Å². The van der Waals surface area contributed by atoms with Gasteiger partial charge in [-0.2, -0.15) is 0 Å². The molecule has 0 spiro atoms. The van der Waals surface area contributed by atoms with Gasteiger partial charge in [0.25, 0.3) is 0 Å². The molecule has 3 aliphatic rings. The van der Waals surface area contributed by atoms with Crippen molar-refractivity contribution in [2.24, 2.45) is 0 Å². The third-order valence-electron chi connectivity index (χ3n) is 2.30. The Bertz CT molecular complexity index is 106. The van der Waals surface area contributed by atoms with Crippen LogP contribution < -0.4 is 0 Å². The molecule has 2 aliphatic heterocycles. The van der Waals surface area contributed by atoms with Crippen molar-refractivity contribution in [1.29, 1.82) is 0 Å². The molecule has 2 heterocycles. The lowest BCUT2D eigenvalue weighted by atomic mass is 10.0. The summed E-state index contributed by atoms with van der Waals surface area (Å²) >= 11 is 0. The van der Waals surface area contributed by atoms with E-state index in [-0.39, 0.29) is 0 Å². The monoisotopic (exact) mass is 112 g/mol. The van der Waals surface area contributed by atoms with Gasteiger partial charge in [-0.25, -0.2) is 0 Å². The van der Waals surface area contributed by atoms with E-state index in [2.05, 4.69) is 0 Å². The molecule has 0 aromatic rings. The molecule has 3 fully saturated rings. The van der Waals surface area contributed by atoms with Gasteiger partial charge in [0.1, 0.15) is 0 Å². The minimum Gasteiger partial charge on any atom is -0.369 e.